The smallest absolute Gasteiger partial charge is 0.140 e. The maximum Gasteiger partial charge on any atom is 0.140 e. The summed E-state index contributed by atoms with van der Waals surface area (Å²) in [6.45, 7) is 5.78. The third-order valence-electron chi connectivity index (χ3n) is 3.32. The van der Waals surface area contributed by atoms with E-state index in [1.807, 2.05) is 45.0 Å². The lowest BCUT2D eigenvalue weighted by Gasteiger charge is -2.25. The summed E-state index contributed by atoms with van der Waals surface area (Å²) in [5, 5.41) is 9.01. The van der Waals surface area contributed by atoms with Crippen molar-refractivity contribution in [2.24, 2.45) is 5.73 Å². The minimum Gasteiger partial charge on any atom is -0.484 e. The maximum absolute atomic E-state index is 9.01. The molecule has 2 unspecified atom stereocenters. The molecule has 0 radical (unpaired) electrons. The Morgan fingerprint density at radius 3 is 2.43 bits per heavy atom. The Bertz CT molecular complexity index is 636. The van der Waals surface area contributed by atoms with Crippen LogP contribution in [0.15, 0.2) is 36.7 Å². The van der Waals surface area contributed by atoms with Crippen LogP contribution in [-0.2, 0) is 0 Å². The van der Waals surface area contributed by atoms with Gasteiger partial charge in [0.1, 0.15) is 11.9 Å². The fourth-order valence-electron chi connectivity index (χ4n) is 2.35. The van der Waals surface area contributed by atoms with Gasteiger partial charge < -0.3 is 10.5 Å². The van der Waals surface area contributed by atoms with E-state index in [1.165, 1.54) is 0 Å². The summed E-state index contributed by atoms with van der Waals surface area (Å²) in [6, 6.07) is 9.44. The molecule has 1 aromatic carbocycles. The molecule has 0 spiro atoms. The van der Waals surface area contributed by atoms with Crippen molar-refractivity contribution < 1.29 is 4.74 Å². The molecule has 4 heteroatoms. The molecule has 2 rings (SSSR count). The number of hydrogen-bond donors (Lipinski definition) is 1. The molecular weight excluding hydrogens is 262 g/mol. The minimum atomic E-state index is -0.274. The first-order valence-electron chi connectivity index (χ1n) is 6.86. The van der Waals surface area contributed by atoms with Crippen LogP contribution in [0.1, 0.15) is 35.3 Å². The van der Waals surface area contributed by atoms with Gasteiger partial charge in [-0.15, -0.1) is 0 Å². The highest BCUT2D eigenvalue weighted by Gasteiger charge is 2.20. The van der Waals surface area contributed by atoms with Crippen molar-refractivity contribution in [1.29, 1.82) is 5.26 Å². The number of benzene rings is 1. The molecule has 0 aliphatic heterocycles. The second-order valence-electron chi connectivity index (χ2n) is 5.23. The van der Waals surface area contributed by atoms with E-state index >= 15 is 0 Å². The molecule has 0 saturated heterocycles. The highest BCUT2D eigenvalue weighted by molar-refractivity contribution is 5.47. The lowest BCUT2D eigenvalue weighted by Crippen LogP contribution is -2.29. The quantitative estimate of drug-likeness (QED) is 0.935. The first-order chi connectivity index (χ1) is 10.0. The van der Waals surface area contributed by atoms with Crippen LogP contribution in [0.5, 0.6) is 5.75 Å². The molecular formula is C17H19N3O. The van der Waals surface area contributed by atoms with E-state index in [0.29, 0.717) is 5.56 Å². The van der Waals surface area contributed by atoms with Crippen molar-refractivity contribution in [1.82, 2.24) is 4.98 Å². The number of hydrogen-bond acceptors (Lipinski definition) is 4. The topological polar surface area (TPSA) is 71.9 Å². The number of nitrogens with two attached hydrogens (primary N) is 1. The molecule has 0 aliphatic carbocycles. The van der Waals surface area contributed by atoms with Crippen molar-refractivity contribution in [3.8, 4) is 11.8 Å². The molecule has 4 nitrogen and oxygen atoms in total. The molecule has 1 aromatic heterocycles. The Balaban J connectivity index is 2.37. The van der Waals surface area contributed by atoms with Gasteiger partial charge in [0.25, 0.3) is 0 Å². The summed E-state index contributed by atoms with van der Waals surface area (Å²) >= 11 is 0. The molecule has 0 aliphatic rings. The van der Waals surface area contributed by atoms with Crippen molar-refractivity contribution in [2.75, 3.05) is 0 Å². The predicted octanol–water partition coefficient (Wildman–Crippen LogP) is 3.04. The number of aryl methyl sites for hydroxylation is 2. The summed E-state index contributed by atoms with van der Waals surface area (Å²) in [4.78, 5) is 4.12. The number of pyridine rings is 1. The number of aromatic nitrogens is 1. The molecule has 2 atom stereocenters. The molecule has 2 N–H and O–H groups in total. The zero-order valence-corrected chi connectivity index (χ0v) is 12.5. The molecule has 0 bridgehead atoms. The molecule has 0 fully saturated rings. The summed E-state index contributed by atoms with van der Waals surface area (Å²) < 4.78 is 6.15. The van der Waals surface area contributed by atoms with Crippen LogP contribution in [-0.4, -0.2) is 11.0 Å². The van der Waals surface area contributed by atoms with Crippen molar-refractivity contribution >= 4 is 0 Å². The second-order valence-corrected chi connectivity index (χ2v) is 5.23. The minimum absolute atomic E-state index is 0.177. The zero-order valence-electron chi connectivity index (χ0n) is 12.5. The summed E-state index contributed by atoms with van der Waals surface area (Å²) in [5.41, 5.74) is 9.51. The normalized spacial score (nSPS) is 13.3. The zero-order chi connectivity index (χ0) is 15.4. The van der Waals surface area contributed by atoms with Gasteiger partial charge in [-0.2, -0.15) is 5.26 Å². The first-order valence-corrected chi connectivity index (χ1v) is 6.86. The predicted molar refractivity (Wildman–Crippen MR) is 81.9 cm³/mol. The molecule has 0 amide bonds. The van der Waals surface area contributed by atoms with Crippen molar-refractivity contribution in [3.05, 3.63) is 58.9 Å². The Hall–Kier alpha value is -2.38. The Kier molecular flexibility index (Phi) is 4.56. The molecule has 21 heavy (non-hydrogen) atoms. The van der Waals surface area contributed by atoms with Crippen LogP contribution >= 0.6 is 0 Å². The van der Waals surface area contributed by atoms with Gasteiger partial charge in [-0.05, 0) is 50.1 Å². The SMILES string of the molecule is Cc1cc(C#N)cc(C)c1OC(c1cccnc1)C(C)N. The van der Waals surface area contributed by atoms with Gasteiger partial charge in [-0.3, -0.25) is 4.98 Å². The summed E-state index contributed by atoms with van der Waals surface area (Å²) in [5.74, 6) is 0.778. The van der Waals surface area contributed by atoms with E-state index in [0.717, 1.165) is 22.4 Å². The van der Waals surface area contributed by atoms with E-state index in [4.69, 9.17) is 15.7 Å². The van der Waals surface area contributed by atoms with E-state index < -0.39 is 0 Å². The lowest BCUT2D eigenvalue weighted by atomic mass is 10.0. The van der Waals surface area contributed by atoms with Crippen LogP contribution in [0.3, 0.4) is 0 Å². The summed E-state index contributed by atoms with van der Waals surface area (Å²) in [6.07, 6.45) is 3.21. The van der Waals surface area contributed by atoms with Gasteiger partial charge >= 0.3 is 0 Å². The van der Waals surface area contributed by atoms with E-state index in [-0.39, 0.29) is 12.1 Å². The van der Waals surface area contributed by atoms with Gasteiger partial charge in [-0.25, -0.2) is 0 Å². The van der Waals surface area contributed by atoms with Gasteiger partial charge in [0.15, 0.2) is 0 Å². The second kappa shape index (κ2) is 6.38. The standard InChI is InChI=1S/C17H19N3O/c1-11-7-14(9-18)8-12(2)16(11)21-17(13(3)19)15-5-4-6-20-10-15/h4-8,10,13,17H,19H2,1-3H3. The van der Waals surface area contributed by atoms with Crippen molar-refractivity contribution in [3.63, 3.8) is 0 Å². The van der Waals surface area contributed by atoms with E-state index in [9.17, 15) is 0 Å². The third-order valence-corrected chi connectivity index (χ3v) is 3.32. The van der Waals surface area contributed by atoms with Crippen LogP contribution in [0, 0.1) is 25.2 Å². The number of ether oxygens (including phenoxy) is 1. The lowest BCUT2D eigenvalue weighted by molar-refractivity contribution is 0.177. The molecule has 0 saturated carbocycles. The van der Waals surface area contributed by atoms with Crippen LogP contribution < -0.4 is 10.5 Å². The molecule has 108 valence electrons. The van der Waals surface area contributed by atoms with Crippen LogP contribution in [0.4, 0.5) is 0 Å². The summed E-state index contributed by atoms with van der Waals surface area (Å²) in [7, 11) is 0. The average molecular weight is 281 g/mol. The van der Waals surface area contributed by atoms with Gasteiger partial charge in [-0.1, -0.05) is 6.07 Å². The molecule has 1 heterocycles. The van der Waals surface area contributed by atoms with Crippen molar-refractivity contribution in [2.45, 2.75) is 32.9 Å². The van der Waals surface area contributed by atoms with E-state index in [1.54, 1.807) is 12.4 Å². The Labute approximate surface area is 125 Å². The third kappa shape index (κ3) is 3.39. The van der Waals surface area contributed by atoms with Gasteiger partial charge in [0, 0.05) is 24.0 Å². The largest absolute Gasteiger partial charge is 0.484 e. The van der Waals surface area contributed by atoms with Gasteiger partial charge in [0.05, 0.1) is 11.6 Å². The first kappa shape index (κ1) is 15.0. The fourth-order valence-corrected chi connectivity index (χ4v) is 2.35. The Morgan fingerprint density at radius 1 is 1.29 bits per heavy atom. The highest BCUT2D eigenvalue weighted by Crippen LogP contribution is 2.30. The maximum atomic E-state index is 9.01. The van der Waals surface area contributed by atoms with Gasteiger partial charge in [0.2, 0.25) is 0 Å². The molecule has 2 aromatic rings. The monoisotopic (exact) mass is 281 g/mol. The van der Waals surface area contributed by atoms with Crippen LogP contribution in [0.2, 0.25) is 0 Å². The number of nitrogens with zero attached hydrogens (tertiary/aromatic N) is 2. The fraction of sp³-hybridized carbons (Fsp3) is 0.294. The number of rotatable bonds is 4. The van der Waals surface area contributed by atoms with Crippen LogP contribution in [0.25, 0.3) is 0 Å². The van der Waals surface area contributed by atoms with E-state index in [2.05, 4.69) is 11.1 Å². The number of nitriles is 1. The Morgan fingerprint density at radius 2 is 1.95 bits per heavy atom. The average Bonchev–Trinajstić information content (AvgIpc) is 2.46. The highest BCUT2D eigenvalue weighted by atomic mass is 16.5.